The van der Waals surface area contributed by atoms with Crippen molar-refractivity contribution in [3.8, 4) is 0 Å². The molecule has 0 amide bonds. The zero-order valence-corrected chi connectivity index (χ0v) is 15.9. The van der Waals surface area contributed by atoms with Crippen LogP contribution >= 0.6 is 0 Å². The molecule has 3 aromatic rings. The molecule has 1 aliphatic heterocycles. The minimum absolute atomic E-state index is 0.106. The van der Waals surface area contributed by atoms with Crippen LogP contribution in [0.2, 0.25) is 0 Å². The van der Waals surface area contributed by atoms with Crippen LogP contribution in [0.1, 0.15) is 11.1 Å². The topological polar surface area (TPSA) is 6.48 Å². The van der Waals surface area contributed by atoms with E-state index in [1.165, 1.54) is 11.1 Å². The van der Waals surface area contributed by atoms with E-state index >= 15 is 0 Å². The molecule has 2 aliphatic rings. The van der Waals surface area contributed by atoms with Crippen LogP contribution in [-0.4, -0.2) is 24.0 Å². The van der Waals surface area contributed by atoms with Gasteiger partial charge in [0.05, 0.1) is 5.69 Å². The van der Waals surface area contributed by atoms with E-state index in [9.17, 15) is 4.39 Å². The number of hydrogen-bond acceptors (Lipinski definition) is 2. The normalized spacial score (nSPS) is 23.1. The molecule has 3 heteroatoms. The Morgan fingerprint density at radius 3 is 1.75 bits per heavy atom. The highest BCUT2D eigenvalue weighted by Crippen LogP contribution is 2.51. The van der Waals surface area contributed by atoms with Crippen molar-refractivity contribution >= 4 is 5.69 Å². The van der Waals surface area contributed by atoms with Crippen LogP contribution in [0.3, 0.4) is 0 Å². The lowest BCUT2D eigenvalue weighted by molar-refractivity contribution is 0.222. The molecule has 0 radical (unpaired) electrons. The molecule has 5 rings (SSSR count). The number of rotatable bonds is 6. The Morgan fingerprint density at radius 2 is 1.21 bits per heavy atom. The van der Waals surface area contributed by atoms with Crippen LogP contribution < -0.4 is 4.90 Å². The number of fused-ring (bicyclic) bond motifs is 1. The van der Waals surface area contributed by atoms with Crippen LogP contribution in [0.25, 0.3) is 0 Å². The standard InChI is InChI=1S/C25H25FN2/c26-23-13-7-8-14-24(23)27-17-21-22(18-27)25(21)28(15-19-9-3-1-4-10-19)16-20-11-5-2-6-12-20/h1-14,21-22,25H,15-18H2. The number of nitrogens with zero attached hydrogens (tertiary/aromatic N) is 2. The lowest BCUT2D eigenvalue weighted by Crippen LogP contribution is -2.34. The fraction of sp³-hybridized carbons (Fsp3) is 0.280. The highest BCUT2D eigenvalue weighted by molar-refractivity contribution is 5.50. The molecule has 2 atom stereocenters. The molecule has 0 bridgehead atoms. The molecule has 142 valence electrons. The fourth-order valence-corrected chi connectivity index (χ4v) is 4.84. The van der Waals surface area contributed by atoms with E-state index in [4.69, 9.17) is 0 Å². The maximum atomic E-state index is 14.2. The molecule has 2 unspecified atom stereocenters. The number of benzene rings is 3. The molecular formula is C25H25FN2. The van der Waals surface area contributed by atoms with Gasteiger partial charge < -0.3 is 4.90 Å². The van der Waals surface area contributed by atoms with Gasteiger partial charge in [0, 0.05) is 32.2 Å². The first-order valence-electron chi connectivity index (χ1n) is 10.1. The van der Waals surface area contributed by atoms with E-state index < -0.39 is 0 Å². The van der Waals surface area contributed by atoms with Gasteiger partial charge in [-0.1, -0.05) is 72.8 Å². The van der Waals surface area contributed by atoms with Gasteiger partial charge in [0.1, 0.15) is 5.82 Å². The smallest absolute Gasteiger partial charge is 0.146 e. The predicted octanol–water partition coefficient (Wildman–Crippen LogP) is 4.96. The van der Waals surface area contributed by atoms with Crippen LogP contribution in [-0.2, 0) is 13.1 Å². The van der Waals surface area contributed by atoms with Gasteiger partial charge in [-0.05, 0) is 35.1 Å². The van der Waals surface area contributed by atoms with Gasteiger partial charge in [-0.25, -0.2) is 4.39 Å². The van der Waals surface area contributed by atoms with Crippen molar-refractivity contribution in [3.63, 3.8) is 0 Å². The van der Waals surface area contributed by atoms with Crippen molar-refractivity contribution < 1.29 is 4.39 Å². The SMILES string of the molecule is Fc1ccccc1N1CC2C(C1)C2N(Cc1ccccc1)Cc1ccccc1. The quantitative estimate of drug-likeness (QED) is 0.603. The second-order valence-corrected chi connectivity index (χ2v) is 8.05. The first-order chi connectivity index (χ1) is 13.8. The lowest BCUT2D eigenvalue weighted by atomic mass is 10.1. The monoisotopic (exact) mass is 372 g/mol. The van der Waals surface area contributed by atoms with E-state index in [1.807, 2.05) is 12.1 Å². The van der Waals surface area contributed by atoms with Gasteiger partial charge in [-0.15, -0.1) is 0 Å². The summed E-state index contributed by atoms with van der Waals surface area (Å²) in [6.45, 7) is 3.84. The molecule has 28 heavy (non-hydrogen) atoms. The lowest BCUT2D eigenvalue weighted by Gasteiger charge is -2.28. The average Bonchev–Trinajstić information content (AvgIpc) is 3.23. The minimum atomic E-state index is -0.106. The van der Waals surface area contributed by atoms with Crippen LogP contribution in [0.4, 0.5) is 10.1 Å². The molecule has 3 aromatic carbocycles. The van der Waals surface area contributed by atoms with Crippen molar-refractivity contribution in [1.29, 1.82) is 0 Å². The highest BCUT2D eigenvalue weighted by atomic mass is 19.1. The van der Waals surface area contributed by atoms with Crippen LogP contribution in [0.5, 0.6) is 0 Å². The summed E-state index contributed by atoms with van der Waals surface area (Å²) in [6.07, 6.45) is 0. The van der Waals surface area contributed by atoms with E-state index in [-0.39, 0.29) is 5.82 Å². The zero-order valence-electron chi connectivity index (χ0n) is 15.9. The summed E-state index contributed by atoms with van der Waals surface area (Å²) in [5.41, 5.74) is 3.47. The van der Waals surface area contributed by atoms with Gasteiger partial charge in [0.2, 0.25) is 0 Å². The number of hydrogen-bond donors (Lipinski definition) is 0. The Hall–Kier alpha value is -2.65. The summed E-state index contributed by atoms with van der Waals surface area (Å²) in [5.74, 6) is 1.16. The van der Waals surface area contributed by atoms with Gasteiger partial charge in [-0.2, -0.15) is 0 Å². The van der Waals surface area contributed by atoms with Crippen LogP contribution in [0.15, 0.2) is 84.9 Å². The van der Waals surface area contributed by atoms with E-state index in [0.29, 0.717) is 17.9 Å². The third-order valence-corrected chi connectivity index (χ3v) is 6.22. The zero-order chi connectivity index (χ0) is 18.9. The largest absolute Gasteiger partial charge is 0.368 e. The van der Waals surface area contributed by atoms with Crippen molar-refractivity contribution in [1.82, 2.24) is 4.90 Å². The molecule has 0 spiro atoms. The van der Waals surface area contributed by atoms with Crippen molar-refractivity contribution in [3.05, 3.63) is 102 Å². The van der Waals surface area contributed by atoms with Gasteiger partial charge >= 0.3 is 0 Å². The van der Waals surface area contributed by atoms with E-state index in [1.54, 1.807) is 12.1 Å². The maximum Gasteiger partial charge on any atom is 0.146 e. The summed E-state index contributed by atoms with van der Waals surface area (Å²) in [7, 11) is 0. The van der Waals surface area contributed by atoms with Gasteiger partial charge in [0.15, 0.2) is 0 Å². The number of para-hydroxylation sites is 1. The molecule has 0 N–H and O–H groups in total. The van der Waals surface area contributed by atoms with E-state index in [2.05, 4.69) is 70.5 Å². The first-order valence-corrected chi connectivity index (χ1v) is 10.1. The Morgan fingerprint density at radius 1 is 0.714 bits per heavy atom. The number of anilines is 1. The Bertz CT molecular complexity index is 874. The van der Waals surface area contributed by atoms with Gasteiger partial charge in [-0.3, -0.25) is 4.90 Å². The summed E-state index contributed by atoms with van der Waals surface area (Å²) in [4.78, 5) is 4.85. The fourth-order valence-electron chi connectivity index (χ4n) is 4.84. The first kappa shape index (κ1) is 17.4. The average molecular weight is 372 g/mol. The summed E-state index contributed by atoms with van der Waals surface area (Å²) in [6, 6.07) is 29.2. The molecule has 1 saturated carbocycles. The van der Waals surface area contributed by atoms with Crippen molar-refractivity contribution in [2.75, 3.05) is 18.0 Å². The third-order valence-electron chi connectivity index (χ3n) is 6.22. The molecule has 0 aromatic heterocycles. The highest BCUT2D eigenvalue weighted by Gasteiger charge is 2.58. The Kier molecular flexibility index (Phi) is 4.61. The third kappa shape index (κ3) is 3.43. The van der Waals surface area contributed by atoms with Crippen LogP contribution in [0, 0.1) is 17.7 Å². The number of halogens is 1. The summed E-state index contributed by atoms with van der Waals surface area (Å²) in [5, 5.41) is 0. The predicted molar refractivity (Wildman–Crippen MR) is 112 cm³/mol. The second-order valence-electron chi connectivity index (χ2n) is 8.05. The molecule has 1 heterocycles. The summed E-state index contributed by atoms with van der Waals surface area (Å²) >= 11 is 0. The second kappa shape index (κ2) is 7.40. The molecule has 1 aliphatic carbocycles. The van der Waals surface area contributed by atoms with E-state index in [0.717, 1.165) is 31.9 Å². The molecule has 1 saturated heterocycles. The Balaban J connectivity index is 1.31. The minimum Gasteiger partial charge on any atom is -0.368 e. The van der Waals surface area contributed by atoms with Crippen molar-refractivity contribution in [2.24, 2.45) is 11.8 Å². The Labute approximate surface area is 166 Å². The maximum absolute atomic E-state index is 14.2. The number of piperidine rings is 1. The van der Waals surface area contributed by atoms with Gasteiger partial charge in [0.25, 0.3) is 0 Å². The van der Waals surface area contributed by atoms with Crippen molar-refractivity contribution in [2.45, 2.75) is 19.1 Å². The molecule has 2 nitrogen and oxygen atoms in total. The molecular weight excluding hydrogens is 347 g/mol. The summed E-state index contributed by atoms with van der Waals surface area (Å²) < 4.78 is 14.2. The molecule has 2 fully saturated rings.